The molecule has 0 saturated carbocycles. The van der Waals surface area contributed by atoms with Crippen molar-refractivity contribution in [3.05, 3.63) is 53.6 Å². The summed E-state index contributed by atoms with van der Waals surface area (Å²) < 4.78 is 33.1. The molecular formula is C24H31N3O4S. The Morgan fingerprint density at radius 2 is 1.78 bits per heavy atom. The molecule has 1 fully saturated rings. The molecule has 32 heavy (non-hydrogen) atoms. The highest BCUT2D eigenvalue weighted by molar-refractivity contribution is 7.89. The zero-order valence-corrected chi connectivity index (χ0v) is 19.7. The molecule has 4 rings (SSSR count). The molecule has 0 bridgehead atoms. The first-order valence-corrected chi connectivity index (χ1v) is 12.6. The summed E-state index contributed by atoms with van der Waals surface area (Å²) >= 11 is 0. The number of aryl methyl sites for hydroxylation is 2. The molecule has 0 spiro atoms. The van der Waals surface area contributed by atoms with Gasteiger partial charge in [-0.15, -0.1) is 0 Å². The largest absolute Gasteiger partial charge is 0.373 e. The first-order valence-electron chi connectivity index (χ1n) is 11.1. The fourth-order valence-corrected chi connectivity index (χ4v) is 6.12. The lowest BCUT2D eigenvalue weighted by Crippen LogP contribution is -2.48. The molecule has 8 heteroatoms. The van der Waals surface area contributed by atoms with Crippen molar-refractivity contribution in [3.63, 3.8) is 0 Å². The van der Waals surface area contributed by atoms with Gasteiger partial charge in [-0.1, -0.05) is 17.7 Å². The number of morpholine rings is 1. The van der Waals surface area contributed by atoms with Crippen LogP contribution in [0.25, 0.3) is 0 Å². The zero-order valence-electron chi connectivity index (χ0n) is 18.9. The van der Waals surface area contributed by atoms with Gasteiger partial charge < -0.3 is 15.0 Å². The number of anilines is 2. The third-order valence-corrected chi connectivity index (χ3v) is 7.79. The van der Waals surface area contributed by atoms with Crippen LogP contribution in [0, 0.1) is 6.92 Å². The van der Waals surface area contributed by atoms with Crippen molar-refractivity contribution in [2.45, 2.75) is 50.7 Å². The molecule has 7 nitrogen and oxygen atoms in total. The Labute approximate surface area is 190 Å². The van der Waals surface area contributed by atoms with Gasteiger partial charge >= 0.3 is 0 Å². The van der Waals surface area contributed by atoms with Crippen molar-refractivity contribution >= 4 is 27.3 Å². The Bertz CT molecular complexity index is 1070. The van der Waals surface area contributed by atoms with Crippen LogP contribution < -0.4 is 10.2 Å². The van der Waals surface area contributed by atoms with E-state index in [1.807, 2.05) is 13.8 Å². The molecule has 2 heterocycles. The molecule has 2 aliphatic heterocycles. The summed E-state index contributed by atoms with van der Waals surface area (Å²) in [4.78, 5) is 15.0. The van der Waals surface area contributed by atoms with Gasteiger partial charge in [0.2, 0.25) is 15.9 Å². The van der Waals surface area contributed by atoms with Gasteiger partial charge in [0.15, 0.2) is 0 Å². The van der Waals surface area contributed by atoms with E-state index in [-0.39, 0.29) is 29.6 Å². The molecule has 2 aromatic rings. The molecule has 0 aromatic heterocycles. The summed E-state index contributed by atoms with van der Waals surface area (Å²) in [7, 11) is -3.60. The lowest BCUT2D eigenvalue weighted by atomic mass is 9.99. The average Bonchev–Trinajstić information content (AvgIpc) is 2.73. The van der Waals surface area contributed by atoms with Crippen molar-refractivity contribution in [1.29, 1.82) is 0 Å². The van der Waals surface area contributed by atoms with Gasteiger partial charge in [-0.3, -0.25) is 4.79 Å². The predicted molar refractivity (Wildman–Crippen MR) is 126 cm³/mol. The normalized spacial score (nSPS) is 21.8. The van der Waals surface area contributed by atoms with E-state index in [1.165, 1.54) is 15.4 Å². The zero-order chi connectivity index (χ0) is 22.9. The maximum absolute atomic E-state index is 13.0. The Morgan fingerprint density at radius 1 is 1.09 bits per heavy atom. The predicted octanol–water partition coefficient (Wildman–Crippen LogP) is 3.18. The summed E-state index contributed by atoms with van der Waals surface area (Å²) in [5, 5.41) is 2.89. The minimum atomic E-state index is -3.60. The molecule has 0 radical (unpaired) electrons. The van der Waals surface area contributed by atoms with E-state index in [9.17, 15) is 13.2 Å². The van der Waals surface area contributed by atoms with Gasteiger partial charge in [-0.2, -0.15) is 4.31 Å². The first-order chi connectivity index (χ1) is 15.2. The van der Waals surface area contributed by atoms with Crippen LogP contribution in [0.1, 0.15) is 31.4 Å². The Balaban J connectivity index is 1.40. The van der Waals surface area contributed by atoms with E-state index in [0.29, 0.717) is 18.8 Å². The number of sulfonamides is 1. The van der Waals surface area contributed by atoms with Gasteiger partial charge in [0, 0.05) is 31.0 Å². The number of fused-ring (bicyclic) bond motifs is 1. The van der Waals surface area contributed by atoms with Crippen LogP contribution in [-0.4, -0.2) is 57.0 Å². The van der Waals surface area contributed by atoms with Crippen molar-refractivity contribution < 1.29 is 17.9 Å². The Morgan fingerprint density at radius 3 is 2.47 bits per heavy atom. The highest BCUT2D eigenvalue weighted by Crippen LogP contribution is 2.28. The van der Waals surface area contributed by atoms with E-state index in [2.05, 4.69) is 35.3 Å². The number of nitrogens with zero attached hydrogens (tertiary/aromatic N) is 2. The van der Waals surface area contributed by atoms with Gasteiger partial charge in [0.1, 0.15) is 0 Å². The third kappa shape index (κ3) is 4.98. The number of hydrogen-bond donors (Lipinski definition) is 1. The van der Waals surface area contributed by atoms with E-state index in [1.54, 1.807) is 24.3 Å². The molecule has 1 N–H and O–H groups in total. The summed E-state index contributed by atoms with van der Waals surface area (Å²) in [6, 6.07) is 12.7. The Hall–Kier alpha value is -2.42. The summed E-state index contributed by atoms with van der Waals surface area (Å²) in [6.45, 7) is 7.61. The lowest BCUT2D eigenvalue weighted by molar-refractivity contribution is -0.115. The van der Waals surface area contributed by atoms with Gasteiger partial charge in [0.05, 0.1) is 23.6 Å². The van der Waals surface area contributed by atoms with Crippen LogP contribution in [0.3, 0.4) is 0 Å². The minimum Gasteiger partial charge on any atom is -0.373 e. The smallest absolute Gasteiger partial charge is 0.243 e. The quantitative estimate of drug-likeness (QED) is 0.746. The van der Waals surface area contributed by atoms with Gasteiger partial charge in [-0.05, 0) is 69.5 Å². The van der Waals surface area contributed by atoms with Crippen LogP contribution >= 0.6 is 0 Å². The maximum Gasteiger partial charge on any atom is 0.243 e. The molecule has 2 aliphatic rings. The number of amides is 1. The standard InChI is InChI=1S/C24H31N3O4S/c1-17-6-11-23-20(13-17)5-4-12-26(23)16-24(28)25-21-7-9-22(10-8-21)32(29,30)27-14-18(2)31-19(3)15-27/h6-11,13,18-19H,4-5,12,14-16H2,1-3H3,(H,25,28). The molecule has 1 saturated heterocycles. The van der Waals surface area contributed by atoms with Crippen molar-refractivity contribution in [1.82, 2.24) is 4.31 Å². The topological polar surface area (TPSA) is 79.0 Å². The van der Waals surface area contributed by atoms with Crippen molar-refractivity contribution in [3.8, 4) is 0 Å². The van der Waals surface area contributed by atoms with Crippen LogP contribution in [0.4, 0.5) is 11.4 Å². The first kappa shape index (κ1) is 22.8. The highest BCUT2D eigenvalue weighted by atomic mass is 32.2. The fraction of sp³-hybridized carbons (Fsp3) is 0.458. The average molecular weight is 458 g/mol. The van der Waals surface area contributed by atoms with Gasteiger partial charge in [-0.25, -0.2) is 8.42 Å². The van der Waals surface area contributed by atoms with E-state index in [0.717, 1.165) is 25.1 Å². The van der Waals surface area contributed by atoms with Crippen molar-refractivity contribution in [2.24, 2.45) is 0 Å². The fourth-order valence-electron chi connectivity index (χ4n) is 4.53. The van der Waals surface area contributed by atoms with Crippen LogP contribution in [-0.2, 0) is 26.0 Å². The lowest BCUT2D eigenvalue weighted by Gasteiger charge is -2.34. The Kier molecular flexibility index (Phi) is 6.55. The van der Waals surface area contributed by atoms with E-state index < -0.39 is 10.0 Å². The van der Waals surface area contributed by atoms with Gasteiger partial charge in [0.25, 0.3) is 0 Å². The second-order valence-corrected chi connectivity index (χ2v) is 10.7. The summed E-state index contributed by atoms with van der Waals surface area (Å²) in [5.41, 5.74) is 4.21. The number of carbonyl (C=O) groups excluding carboxylic acids is 1. The third-order valence-electron chi connectivity index (χ3n) is 5.95. The number of nitrogens with one attached hydrogen (secondary N) is 1. The second-order valence-electron chi connectivity index (χ2n) is 8.81. The molecule has 172 valence electrons. The summed E-state index contributed by atoms with van der Waals surface area (Å²) in [5.74, 6) is -0.120. The number of hydrogen-bond acceptors (Lipinski definition) is 5. The minimum absolute atomic E-state index is 0.120. The van der Waals surface area contributed by atoms with Crippen LogP contribution in [0.15, 0.2) is 47.4 Å². The number of benzene rings is 2. The maximum atomic E-state index is 13.0. The molecule has 0 aliphatic carbocycles. The molecular weight excluding hydrogens is 426 g/mol. The SMILES string of the molecule is Cc1ccc2c(c1)CCCN2CC(=O)Nc1ccc(S(=O)(=O)N2CC(C)OC(C)C2)cc1. The van der Waals surface area contributed by atoms with E-state index in [4.69, 9.17) is 4.74 Å². The number of ether oxygens (including phenoxy) is 1. The molecule has 2 unspecified atom stereocenters. The summed E-state index contributed by atoms with van der Waals surface area (Å²) in [6.07, 6.45) is 1.77. The number of rotatable bonds is 5. The molecule has 2 atom stereocenters. The second kappa shape index (κ2) is 9.21. The highest BCUT2D eigenvalue weighted by Gasteiger charge is 2.32. The monoisotopic (exact) mass is 457 g/mol. The molecule has 2 aromatic carbocycles. The number of carbonyl (C=O) groups is 1. The van der Waals surface area contributed by atoms with Crippen molar-refractivity contribution in [2.75, 3.05) is 36.4 Å². The van der Waals surface area contributed by atoms with E-state index >= 15 is 0 Å². The van der Waals surface area contributed by atoms with Crippen LogP contribution in [0.2, 0.25) is 0 Å². The molecule has 1 amide bonds. The van der Waals surface area contributed by atoms with Crippen LogP contribution in [0.5, 0.6) is 0 Å².